The number of amides is 1. The molecular formula is C8H6Cl2FNO. The van der Waals surface area contributed by atoms with Crippen molar-refractivity contribution in [3.8, 4) is 0 Å². The Balaban J connectivity index is 2.68. The van der Waals surface area contributed by atoms with Crippen molar-refractivity contribution in [2.24, 2.45) is 0 Å². The third kappa shape index (κ3) is 3.20. The zero-order chi connectivity index (χ0) is 9.84. The highest BCUT2D eigenvalue weighted by Crippen LogP contribution is 2.15. The molecular weight excluding hydrogens is 216 g/mol. The summed E-state index contributed by atoms with van der Waals surface area (Å²) in [4.78, 5) is 10.3. The van der Waals surface area contributed by atoms with Crippen molar-refractivity contribution in [1.82, 2.24) is 5.32 Å². The molecule has 0 saturated carbocycles. The van der Waals surface area contributed by atoms with Crippen LogP contribution in [0.25, 0.3) is 0 Å². The number of hydrogen-bond acceptors (Lipinski definition) is 1. The average molecular weight is 222 g/mol. The summed E-state index contributed by atoms with van der Waals surface area (Å²) in [5.41, 5.74) is 0.695. The summed E-state index contributed by atoms with van der Waals surface area (Å²) >= 11 is 10.6. The minimum absolute atomic E-state index is 0.0290. The lowest BCUT2D eigenvalue weighted by molar-refractivity contribution is 0.259. The fraction of sp³-hybridized carbons (Fsp3) is 0.125. The van der Waals surface area contributed by atoms with Gasteiger partial charge in [-0.05, 0) is 29.3 Å². The van der Waals surface area contributed by atoms with Crippen LogP contribution in [-0.2, 0) is 6.54 Å². The van der Waals surface area contributed by atoms with Crippen molar-refractivity contribution >= 4 is 28.6 Å². The number of carbonyl (C=O) groups is 1. The van der Waals surface area contributed by atoms with E-state index >= 15 is 0 Å². The minimum atomic E-state index is -0.652. The largest absolute Gasteiger partial charge is 0.339 e. The van der Waals surface area contributed by atoms with Crippen LogP contribution in [0.3, 0.4) is 0 Å². The maximum atomic E-state index is 12.7. The molecule has 0 heterocycles. The van der Waals surface area contributed by atoms with E-state index in [1.165, 1.54) is 18.2 Å². The second-order valence-electron chi connectivity index (χ2n) is 2.38. The summed E-state index contributed by atoms with van der Waals surface area (Å²) in [6.45, 7) is 0.238. The zero-order valence-electron chi connectivity index (χ0n) is 6.48. The molecule has 0 atom stereocenters. The average Bonchev–Trinajstić information content (AvgIpc) is 2.07. The van der Waals surface area contributed by atoms with E-state index in [0.717, 1.165) is 0 Å². The van der Waals surface area contributed by atoms with Crippen molar-refractivity contribution < 1.29 is 9.18 Å². The van der Waals surface area contributed by atoms with Crippen molar-refractivity contribution in [3.05, 3.63) is 34.6 Å². The monoisotopic (exact) mass is 221 g/mol. The molecule has 1 rings (SSSR count). The third-order valence-electron chi connectivity index (χ3n) is 1.42. The molecule has 1 aromatic carbocycles. The molecule has 2 nitrogen and oxygen atoms in total. The Morgan fingerprint density at radius 1 is 1.54 bits per heavy atom. The lowest BCUT2D eigenvalue weighted by Gasteiger charge is -2.01. The molecule has 1 aromatic rings. The fourth-order valence-electron chi connectivity index (χ4n) is 0.821. The molecule has 0 aliphatic rings. The molecule has 0 aliphatic heterocycles. The van der Waals surface area contributed by atoms with Gasteiger partial charge in [0, 0.05) is 6.54 Å². The van der Waals surface area contributed by atoms with Crippen LogP contribution in [0.5, 0.6) is 0 Å². The van der Waals surface area contributed by atoms with E-state index in [9.17, 15) is 9.18 Å². The van der Waals surface area contributed by atoms with E-state index in [2.05, 4.69) is 5.32 Å². The second-order valence-corrected chi connectivity index (χ2v) is 3.13. The van der Waals surface area contributed by atoms with Gasteiger partial charge in [-0.15, -0.1) is 0 Å². The zero-order valence-corrected chi connectivity index (χ0v) is 7.99. The number of halogens is 3. The molecule has 0 unspecified atom stereocenters. The minimum Gasteiger partial charge on any atom is -0.339 e. The van der Waals surface area contributed by atoms with Crippen LogP contribution < -0.4 is 5.32 Å². The van der Waals surface area contributed by atoms with Gasteiger partial charge in [-0.25, -0.2) is 4.39 Å². The van der Waals surface area contributed by atoms with Gasteiger partial charge in [0.05, 0.1) is 5.02 Å². The molecule has 1 amide bonds. The second kappa shape index (κ2) is 4.44. The van der Waals surface area contributed by atoms with Gasteiger partial charge in [0.15, 0.2) is 0 Å². The molecule has 5 heteroatoms. The number of rotatable bonds is 2. The van der Waals surface area contributed by atoms with Gasteiger partial charge in [0.1, 0.15) is 5.82 Å². The van der Waals surface area contributed by atoms with E-state index in [-0.39, 0.29) is 11.6 Å². The Morgan fingerprint density at radius 3 is 2.77 bits per heavy atom. The van der Waals surface area contributed by atoms with E-state index in [1.54, 1.807) is 0 Å². The Bertz CT molecular complexity index is 330. The maximum Gasteiger partial charge on any atom is 0.314 e. The number of carbonyl (C=O) groups excluding carboxylic acids is 1. The number of hydrogen-bond donors (Lipinski definition) is 1. The van der Waals surface area contributed by atoms with E-state index in [1.807, 2.05) is 0 Å². The normalized spacial score (nSPS) is 9.77. The quantitative estimate of drug-likeness (QED) is 0.604. The highest BCUT2D eigenvalue weighted by molar-refractivity contribution is 6.62. The first-order valence-electron chi connectivity index (χ1n) is 3.47. The maximum absolute atomic E-state index is 12.7. The summed E-state index contributed by atoms with van der Waals surface area (Å²) < 4.78 is 12.7. The topological polar surface area (TPSA) is 29.1 Å². The molecule has 1 N–H and O–H groups in total. The predicted molar refractivity (Wildman–Crippen MR) is 49.5 cm³/mol. The SMILES string of the molecule is O=C(Cl)NCc1ccc(F)c(Cl)c1. The molecule has 0 fully saturated rings. The van der Waals surface area contributed by atoms with E-state index in [4.69, 9.17) is 23.2 Å². The fourth-order valence-corrected chi connectivity index (χ4v) is 1.09. The Labute approximate surface area is 84.6 Å². The van der Waals surface area contributed by atoms with Gasteiger partial charge in [0.2, 0.25) is 0 Å². The van der Waals surface area contributed by atoms with E-state index < -0.39 is 11.2 Å². The first-order valence-corrected chi connectivity index (χ1v) is 4.22. The molecule has 0 aromatic heterocycles. The van der Waals surface area contributed by atoms with Crippen LogP contribution >= 0.6 is 23.2 Å². The first kappa shape index (κ1) is 10.3. The summed E-state index contributed by atoms with van der Waals surface area (Å²) in [7, 11) is 0. The summed E-state index contributed by atoms with van der Waals surface area (Å²) in [6.07, 6.45) is 0. The van der Waals surface area contributed by atoms with Crippen molar-refractivity contribution in [1.29, 1.82) is 0 Å². The Kier molecular flexibility index (Phi) is 3.51. The van der Waals surface area contributed by atoms with Crippen LogP contribution in [0, 0.1) is 5.82 Å². The van der Waals surface area contributed by atoms with Crippen LogP contribution in [0.15, 0.2) is 18.2 Å². The molecule has 0 saturated heterocycles. The number of benzene rings is 1. The van der Waals surface area contributed by atoms with Crippen LogP contribution in [0.4, 0.5) is 9.18 Å². The summed E-state index contributed by atoms with van der Waals surface area (Å²) in [5, 5.41) is 1.73. The smallest absolute Gasteiger partial charge is 0.314 e. The predicted octanol–water partition coefficient (Wildman–Crippen LogP) is 2.93. The van der Waals surface area contributed by atoms with Gasteiger partial charge >= 0.3 is 5.37 Å². The molecule has 0 bridgehead atoms. The highest BCUT2D eigenvalue weighted by atomic mass is 35.5. The third-order valence-corrected chi connectivity index (χ3v) is 1.84. The van der Waals surface area contributed by atoms with Crippen molar-refractivity contribution in [3.63, 3.8) is 0 Å². The van der Waals surface area contributed by atoms with Gasteiger partial charge in [-0.3, -0.25) is 4.79 Å². The summed E-state index contributed by atoms with van der Waals surface area (Å²) in [6, 6.07) is 4.19. The molecule has 0 spiro atoms. The molecule has 0 aliphatic carbocycles. The van der Waals surface area contributed by atoms with Gasteiger partial charge in [0.25, 0.3) is 0 Å². The van der Waals surface area contributed by atoms with Crippen molar-refractivity contribution in [2.45, 2.75) is 6.54 Å². The Morgan fingerprint density at radius 2 is 2.23 bits per heavy atom. The van der Waals surface area contributed by atoms with Crippen LogP contribution in [0.2, 0.25) is 5.02 Å². The number of nitrogens with one attached hydrogen (secondary N) is 1. The van der Waals surface area contributed by atoms with Gasteiger partial charge in [-0.1, -0.05) is 17.7 Å². The Hall–Kier alpha value is -0.800. The van der Waals surface area contributed by atoms with Crippen LogP contribution in [0.1, 0.15) is 5.56 Å². The lowest BCUT2D eigenvalue weighted by Crippen LogP contribution is -2.15. The molecule has 13 heavy (non-hydrogen) atoms. The highest BCUT2D eigenvalue weighted by Gasteiger charge is 2.01. The first-order chi connectivity index (χ1) is 6.09. The van der Waals surface area contributed by atoms with Gasteiger partial charge in [-0.2, -0.15) is 0 Å². The van der Waals surface area contributed by atoms with Gasteiger partial charge < -0.3 is 5.32 Å². The summed E-state index contributed by atoms with van der Waals surface area (Å²) in [5.74, 6) is -0.484. The molecule has 0 radical (unpaired) electrons. The standard InChI is InChI=1S/C8H6Cl2FNO/c9-6-3-5(1-2-7(6)11)4-12-8(10)13/h1-3H,4H2,(H,12,13). The molecule has 70 valence electrons. The van der Waals surface area contributed by atoms with Crippen molar-refractivity contribution in [2.75, 3.05) is 0 Å². The van der Waals surface area contributed by atoms with Crippen LogP contribution in [-0.4, -0.2) is 5.37 Å². The van der Waals surface area contributed by atoms with E-state index in [0.29, 0.717) is 5.56 Å². The lowest BCUT2D eigenvalue weighted by atomic mass is 10.2.